The zero-order chi connectivity index (χ0) is 18.7. The van der Waals surface area contributed by atoms with Gasteiger partial charge in [0.25, 0.3) is 5.91 Å². The average molecular weight is 355 g/mol. The third kappa shape index (κ3) is 3.79. The highest BCUT2D eigenvalue weighted by Gasteiger charge is 2.20. The van der Waals surface area contributed by atoms with E-state index in [1.165, 1.54) is 11.0 Å². The first kappa shape index (κ1) is 17.8. The van der Waals surface area contributed by atoms with E-state index in [2.05, 4.69) is 5.10 Å². The summed E-state index contributed by atoms with van der Waals surface area (Å²) in [5, 5.41) is 4.15. The zero-order valence-electron chi connectivity index (χ0n) is 14.6. The van der Waals surface area contributed by atoms with E-state index in [1.54, 1.807) is 37.0 Å². The van der Waals surface area contributed by atoms with Crippen molar-refractivity contribution in [2.45, 2.75) is 19.5 Å². The van der Waals surface area contributed by atoms with Gasteiger partial charge in [-0.15, -0.1) is 0 Å². The van der Waals surface area contributed by atoms with Crippen LogP contribution in [0.15, 0.2) is 60.9 Å². The van der Waals surface area contributed by atoms with E-state index in [-0.39, 0.29) is 11.9 Å². The second kappa shape index (κ2) is 7.47. The molecule has 6 heteroatoms. The molecule has 2 aromatic carbocycles. The van der Waals surface area contributed by atoms with Crippen LogP contribution in [0.3, 0.4) is 0 Å². The van der Waals surface area contributed by atoms with E-state index >= 15 is 0 Å². The average Bonchev–Trinajstić information content (AvgIpc) is 3.16. The highest BCUT2D eigenvalue weighted by Crippen LogP contribution is 2.22. The van der Waals surface area contributed by atoms with Crippen molar-refractivity contribution in [2.75, 3.05) is 7.05 Å². The van der Waals surface area contributed by atoms with Crippen molar-refractivity contribution in [3.05, 3.63) is 89.2 Å². The minimum atomic E-state index is -0.918. The van der Waals surface area contributed by atoms with Crippen LogP contribution in [0, 0.1) is 11.6 Å². The van der Waals surface area contributed by atoms with Crippen molar-refractivity contribution in [2.24, 2.45) is 0 Å². The molecule has 1 amide bonds. The molecule has 4 nitrogen and oxygen atoms in total. The Balaban J connectivity index is 1.72. The molecule has 0 aliphatic heterocycles. The second-order valence-electron chi connectivity index (χ2n) is 6.17. The van der Waals surface area contributed by atoms with E-state index in [4.69, 9.17) is 0 Å². The van der Waals surface area contributed by atoms with Crippen molar-refractivity contribution in [3.8, 4) is 0 Å². The Morgan fingerprint density at radius 1 is 1.15 bits per heavy atom. The van der Waals surface area contributed by atoms with Gasteiger partial charge in [0, 0.05) is 25.0 Å². The van der Waals surface area contributed by atoms with Gasteiger partial charge in [0.05, 0.1) is 12.6 Å². The maximum absolute atomic E-state index is 13.4. The number of aromatic nitrogens is 2. The maximum atomic E-state index is 13.4. The van der Waals surface area contributed by atoms with Gasteiger partial charge < -0.3 is 4.90 Å². The van der Waals surface area contributed by atoms with Crippen molar-refractivity contribution in [3.63, 3.8) is 0 Å². The first-order valence-electron chi connectivity index (χ1n) is 8.24. The summed E-state index contributed by atoms with van der Waals surface area (Å²) in [5.74, 6) is -2.01. The Hall–Kier alpha value is -3.02. The molecule has 0 aliphatic carbocycles. The summed E-state index contributed by atoms with van der Waals surface area (Å²) in [7, 11) is 1.64. The Kier molecular flexibility index (Phi) is 5.11. The molecule has 3 rings (SSSR count). The Morgan fingerprint density at radius 2 is 1.88 bits per heavy atom. The van der Waals surface area contributed by atoms with Gasteiger partial charge in [-0.25, -0.2) is 8.78 Å². The molecule has 1 heterocycles. The van der Waals surface area contributed by atoms with Crippen molar-refractivity contribution in [1.82, 2.24) is 14.7 Å². The van der Waals surface area contributed by atoms with Gasteiger partial charge >= 0.3 is 0 Å². The molecule has 134 valence electrons. The topological polar surface area (TPSA) is 38.1 Å². The first-order chi connectivity index (χ1) is 12.5. The molecule has 0 N–H and O–H groups in total. The molecule has 26 heavy (non-hydrogen) atoms. The lowest BCUT2D eigenvalue weighted by Crippen LogP contribution is -2.29. The van der Waals surface area contributed by atoms with E-state index in [0.717, 1.165) is 17.7 Å². The number of carbonyl (C=O) groups is 1. The quantitative estimate of drug-likeness (QED) is 0.693. The molecular formula is C20H19F2N3O. The molecule has 3 aromatic rings. The van der Waals surface area contributed by atoms with E-state index in [1.807, 2.05) is 24.4 Å². The third-order valence-corrected chi connectivity index (χ3v) is 4.43. The molecule has 0 saturated heterocycles. The van der Waals surface area contributed by atoms with Gasteiger partial charge in [-0.1, -0.05) is 18.2 Å². The van der Waals surface area contributed by atoms with Crippen LogP contribution in [0.2, 0.25) is 0 Å². The van der Waals surface area contributed by atoms with Crippen LogP contribution in [0.4, 0.5) is 8.78 Å². The van der Waals surface area contributed by atoms with Gasteiger partial charge in [0.15, 0.2) is 11.6 Å². The van der Waals surface area contributed by atoms with Crippen LogP contribution >= 0.6 is 0 Å². The van der Waals surface area contributed by atoms with Gasteiger partial charge in [0.2, 0.25) is 0 Å². The summed E-state index contributed by atoms with van der Waals surface area (Å²) in [4.78, 5) is 14.2. The van der Waals surface area contributed by atoms with E-state index < -0.39 is 11.6 Å². The summed E-state index contributed by atoms with van der Waals surface area (Å²) in [6.45, 7) is 2.40. The molecular weight excluding hydrogens is 336 g/mol. The zero-order valence-corrected chi connectivity index (χ0v) is 14.6. The van der Waals surface area contributed by atoms with Crippen LogP contribution in [0.25, 0.3) is 0 Å². The summed E-state index contributed by atoms with van der Waals surface area (Å²) in [5.41, 5.74) is 2.10. The normalized spacial score (nSPS) is 12.0. The number of rotatable bonds is 5. The van der Waals surface area contributed by atoms with Crippen LogP contribution in [-0.4, -0.2) is 27.6 Å². The van der Waals surface area contributed by atoms with Crippen molar-refractivity contribution < 1.29 is 13.6 Å². The monoisotopic (exact) mass is 355 g/mol. The number of hydrogen-bond donors (Lipinski definition) is 0. The third-order valence-electron chi connectivity index (χ3n) is 4.43. The number of carbonyl (C=O) groups excluding carboxylic acids is 1. The first-order valence-corrected chi connectivity index (χ1v) is 8.24. The molecule has 0 spiro atoms. The van der Waals surface area contributed by atoms with Crippen molar-refractivity contribution >= 4 is 5.91 Å². The minimum Gasteiger partial charge on any atom is -0.335 e. The fourth-order valence-electron chi connectivity index (χ4n) is 2.71. The van der Waals surface area contributed by atoms with Gasteiger partial charge in [-0.05, 0) is 48.4 Å². The van der Waals surface area contributed by atoms with Crippen LogP contribution in [-0.2, 0) is 6.54 Å². The molecule has 1 unspecified atom stereocenters. The highest BCUT2D eigenvalue weighted by atomic mass is 19.2. The number of nitrogens with zero attached hydrogens (tertiary/aromatic N) is 3. The number of benzene rings is 2. The molecule has 1 aromatic heterocycles. The predicted octanol–water partition coefficient (Wildman–Crippen LogP) is 4.04. The summed E-state index contributed by atoms with van der Waals surface area (Å²) < 4.78 is 28.3. The Bertz CT molecular complexity index is 892. The largest absolute Gasteiger partial charge is 0.335 e. The lowest BCUT2D eigenvalue weighted by Gasteiger charge is -2.25. The highest BCUT2D eigenvalue weighted by molar-refractivity contribution is 5.94. The molecule has 0 aliphatic rings. The lowest BCUT2D eigenvalue weighted by molar-refractivity contribution is 0.0742. The van der Waals surface area contributed by atoms with Crippen LogP contribution in [0.1, 0.15) is 34.5 Å². The predicted molar refractivity (Wildman–Crippen MR) is 94.6 cm³/mol. The van der Waals surface area contributed by atoms with Crippen molar-refractivity contribution in [1.29, 1.82) is 0 Å². The lowest BCUT2D eigenvalue weighted by atomic mass is 10.1. The van der Waals surface area contributed by atoms with Crippen LogP contribution < -0.4 is 0 Å². The number of hydrogen-bond acceptors (Lipinski definition) is 2. The maximum Gasteiger partial charge on any atom is 0.254 e. The van der Waals surface area contributed by atoms with E-state index in [0.29, 0.717) is 17.7 Å². The molecule has 1 atom stereocenters. The number of halogens is 2. The summed E-state index contributed by atoms with van der Waals surface area (Å²) >= 11 is 0. The van der Waals surface area contributed by atoms with Gasteiger partial charge in [-0.2, -0.15) is 5.10 Å². The summed E-state index contributed by atoms with van der Waals surface area (Å²) in [6, 6.07) is 12.4. The molecule has 0 radical (unpaired) electrons. The fraction of sp³-hybridized carbons (Fsp3) is 0.200. The Labute approximate surface area is 150 Å². The number of amides is 1. The smallest absolute Gasteiger partial charge is 0.254 e. The second-order valence-corrected chi connectivity index (χ2v) is 6.17. The van der Waals surface area contributed by atoms with Crippen LogP contribution in [0.5, 0.6) is 0 Å². The van der Waals surface area contributed by atoms with Gasteiger partial charge in [-0.3, -0.25) is 9.48 Å². The molecule has 0 fully saturated rings. The molecule has 0 saturated carbocycles. The van der Waals surface area contributed by atoms with Gasteiger partial charge in [0.1, 0.15) is 0 Å². The standard InChI is InChI=1S/C20H19F2N3O/c1-14(17-8-9-18(21)19(22)12-17)24(2)20(26)16-6-4-15(5-7-16)13-25-11-3-10-23-25/h3-12,14H,13H2,1-2H3. The van der Waals surface area contributed by atoms with E-state index in [9.17, 15) is 13.6 Å². The SMILES string of the molecule is CC(c1ccc(F)c(F)c1)N(C)C(=O)c1ccc(Cn2cccn2)cc1. The summed E-state index contributed by atoms with van der Waals surface area (Å²) in [6.07, 6.45) is 3.59. The minimum absolute atomic E-state index is 0.187. The Morgan fingerprint density at radius 3 is 2.50 bits per heavy atom. The fourth-order valence-corrected chi connectivity index (χ4v) is 2.71. The molecule has 0 bridgehead atoms.